The van der Waals surface area contributed by atoms with Crippen molar-refractivity contribution < 1.29 is 27.5 Å². The lowest BCUT2D eigenvalue weighted by molar-refractivity contribution is 0.0525. The van der Waals surface area contributed by atoms with Crippen molar-refractivity contribution in [3.63, 3.8) is 0 Å². The van der Waals surface area contributed by atoms with Gasteiger partial charge in [-0.2, -0.15) is 5.10 Å². The minimum Gasteiger partial charge on any atom is -0.497 e. The van der Waals surface area contributed by atoms with E-state index in [9.17, 15) is 18.0 Å². The first-order valence-electron chi connectivity index (χ1n) is 17.0. The maximum atomic E-state index is 13.4. The van der Waals surface area contributed by atoms with Crippen molar-refractivity contribution in [1.82, 2.24) is 19.1 Å². The lowest BCUT2D eigenvalue weighted by Crippen LogP contribution is -2.33. The summed E-state index contributed by atoms with van der Waals surface area (Å²) in [5.41, 5.74) is 8.02. The van der Waals surface area contributed by atoms with Crippen molar-refractivity contribution >= 4 is 44.5 Å². The number of aryl methyl sites for hydroxylation is 2. The summed E-state index contributed by atoms with van der Waals surface area (Å²) in [6.45, 7) is 6.79. The molecule has 0 atom stereocenters. The molecular weight excluding hydrogens is 628 g/mol. The van der Waals surface area contributed by atoms with Crippen molar-refractivity contribution in [2.45, 2.75) is 90.0 Å². The van der Waals surface area contributed by atoms with Crippen LogP contribution in [-0.2, 0) is 27.8 Å². The summed E-state index contributed by atoms with van der Waals surface area (Å²) in [7, 11) is -2.07. The first kappa shape index (κ1) is 32.2. The molecule has 3 aliphatic rings. The first-order valence-corrected chi connectivity index (χ1v) is 18.6. The SMILES string of the molecule is CCOC(=O)c1c(C)nn(CC)c1C1=Cc2cc(OC)ccc2-c2c(C3CCCCC3)c3ccc(C(=O)NS(=O)(=O)C4CC4)cc3n2C1. The van der Waals surface area contributed by atoms with Gasteiger partial charge in [0.25, 0.3) is 5.91 Å². The van der Waals surface area contributed by atoms with Gasteiger partial charge in [-0.1, -0.05) is 25.3 Å². The predicted octanol–water partition coefficient (Wildman–Crippen LogP) is 6.84. The molecule has 0 bridgehead atoms. The monoisotopic (exact) mass is 670 g/mol. The van der Waals surface area contributed by atoms with E-state index in [2.05, 4.69) is 21.4 Å². The molecule has 2 fully saturated rings. The molecule has 0 unspecified atom stereocenters. The summed E-state index contributed by atoms with van der Waals surface area (Å²) >= 11 is 0. The number of nitrogens with zero attached hydrogens (tertiary/aromatic N) is 3. The van der Waals surface area contributed by atoms with Gasteiger partial charge >= 0.3 is 5.97 Å². The minimum absolute atomic E-state index is 0.243. The van der Waals surface area contributed by atoms with E-state index in [-0.39, 0.29) is 12.2 Å². The van der Waals surface area contributed by atoms with E-state index < -0.39 is 27.1 Å². The highest BCUT2D eigenvalue weighted by atomic mass is 32.2. The molecule has 1 N–H and O–H groups in total. The number of hydrogen-bond acceptors (Lipinski definition) is 7. The molecule has 1 aliphatic heterocycles. The first-order chi connectivity index (χ1) is 23.1. The Balaban J connectivity index is 1.49. The van der Waals surface area contributed by atoms with Gasteiger partial charge in [-0.3, -0.25) is 9.48 Å². The number of ether oxygens (including phenoxy) is 2. The van der Waals surface area contributed by atoms with Gasteiger partial charge in [0.1, 0.15) is 11.3 Å². The molecule has 10 nitrogen and oxygen atoms in total. The standard InChI is InChI=1S/C37H42N4O6S/c1-5-41-34(32(22(3)38-41)37(43)47-6-2)26-18-25-19-27(46-4)13-17-29(25)35-33(23-10-8-7-9-11-23)30-16-12-24(20-31(30)40(35)21-26)36(42)39-48(44,45)28-14-15-28/h12-13,16-20,23,28H,5-11,14-15,21H2,1-4H3,(H,39,42). The summed E-state index contributed by atoms with van der Waals surface area (Å²) in [6, 6.07) is 11.6. The van der Waals surface area contributed by atoms with Crippen LogP contribution in [0, 0.1) is 6.92 Å². The van der Waals surface area contributed by atoms with Gasteiger partial charge in [0.05, 0.1) is 42.6 Å². The Morgan fingerprint density at radius 3 is 2.46 bits per heavy atom. The number of allylic oxidation sites excluding steroid dienone is 1. The number of esters is 1. The summed E-state index contributed by atoms with van der Waals surface area (Å²) in [5, 5.41) is 5.29. The third-order valence-corrected chi connectivity index (χ3v) is 11.8. The third-order valence-electron chi connectivity index (χ3n) is 9.96. The molecule has 0 radical (unpaired) electrons. The Kier molecular flexibility index (Phi) is 8.43. The number of benzene rings is 2. The Morgan fingerprint density at radius 1 is 1.00 bits per heavy atom. The maximum Gasteiger partial charge on any atom is 0.342 e. The van der Waals surface area contributed by atoms with Gasteiger partial charge in [-0.25, -0.2) is 17.9 Å². The Morgan fingerprint density at radius 2 is 1.77 bits per heavy atom. The van der Waals surface area contributed by atoms with Crippen LogP contribution < -0.4 is 9.46 Å². The van der Waals surface area contributed by atoms with E-state index in [1.54, 1.807) is 20.1 Å². The molecule has 7 rings (SSSR count). The Labute approximate surface area is 281 Å². The second kappa shape index (κ2) is 12.6. The van der Waals surface area contributed by atoms with E-state index >= 15 is 0 Å². The van der Waals surface area contributed by atoms with Crippen molar-refractivity contribution in [3.8, 4) is 17.0 Å². The molecule has 2 aliphatic carbocycles. The molecule has 3 heterocycles. The van der Waals surface area contributed by atoms with Crippen molar-refractivity contribution in [2.24, 2.45) is 0 Å². The second-order valence-electron chi connectivity index (χ2n) is 13.1. The number of nitrogens with one attached hydrogen (secondary N) is 1. The van der Waals surface area contributed by atoms with Crippen LogP contribution in [0.1, 0.15) is 108 Å². The zero-order valence-electron chi connectivity index (χ0n) is 28.0. The molecule has 2 aromatic carbocycles. The molecule has 1 amide bonds. The Hall–Kier alpha value is -4.38. The highest BCUT2D eigenvalue weighted by Crippen LogP contribution is 2.48. The summed E-state index contributed by atoms with van der Waals surface area (Å²) in [6.07, 6.45) is 8.88. The average Bonchev–Trinajstić information content (AvgIpc) is 3.86. The van der Waals surface area contributed by atoms with E-state index in [4.69, 9.17) is 14.6 Å². The van der Waals surface area contributed by atoms with Crippen LogP contribution in [0.4, 0.5) is 0 Å². The quantitative estimate of drug-likeness (QED) is 0.194. The number of carbonyl (C=O) groups excluding carboxylic acids is 2. The van der Waals surface area contributed by atoms with Gasteiger partial charge in [0, 0.05) is 28.6 Å². The van der Waals surface area contributed by atoms with Gasteiger partial charge in [0.2, 0.25) is 10.0 Å². The molecule has 11 heteroatoms. The average molecular weight is 671 g/mol. The fourth-order valence-corrected chi connectivity index (χ4v) is 8.86. The lowest BCUT2D eigenvalue weighted by Gasteiger charge is -2.24. The van der Waals surface area contributed by atoms with Crippen LogP contribution in [0.3, 0.4) is 0 Å². The largest absolute Gasteiger partial charge is 0.497 e. The van der Waals surface area contributed by atoms with Crippen LogP contribution in [0.15, 0.2) is 36.4 Å². The zero-order chi connectivity index (χ0) is 33.7. The zero-order valence-corrected chi connectivity index (χ0v) is 28.8. The molecule has 2 saturated carbocycles. The van der Waals surface area contributed by atoms with Crippen LogP contribution in [0.25, 0.3) is 33.8 Å². The highest BCUT2D eigenvalue weighted by molar-refractivity contribution is 7.91. The van der Waals surface area contributed by atoms with E-state index in [0.717, 1.165) is 64.7 Å². The number of rotatable bonds is 9. The predicted molar refractivity (Wildman–Crippen MR) is 186 cm³/mol. The van der Waals surface area contributed by atoms with Gasteiger partial charge in [0.15, 0.2) is 0 Å². The summed E-state index contributed by atoms with van der Waals surface area (Å²) in [5.74, 6) is -0.00780. The van der Waals surface area contributed by atoms with Crippen molar-refractivity contribution in [1.29, 1.82) is 0 Å². The maximum absolute atomic E-state index is 13.4. The van der Waals surface area contributed by atoms with Gasteiger partial charge < -0.3 is 14.0 Å². The molecule has 2 aromatic heterocycles. The van der Waals surface area contributed by atoms with E-state index in [0.29, 0.717) is 48.8 Å². The minimum atomic E-state index is -3.72. The Bertz CT molecular complexity index is 2080. The topological polar surface area (TPSA) is 122 Å². The third kappa shape index (κ3) is 5.61. The molecular formula is C37H42N4O6S. The normalized spacial score (nSPS) is 16.5. The lowest BCUT2D eigenvalue weighted by atomic mass is 9.81. The van der Waals surface area contributed by atoms with Crippen LogP contribution in [0.5, 0.6) is 5.75 Å². The van der Waals surface area contributed by atoms with Gasteiger partial charge in [-0.15, -0.1) is 0 Å². The number of carbonyl (C=O) groups is 2. The summed E-state index contributed by atoms with van der Waals surface area (Å²) < 4.78 is 43.0. The number of methoxy groups -OCH3 is 1. The number of amides is 1. The highest BCUT2D eigenvalue weighted by Gasteiger charge is 2.37. The number of hydrogen-bond donors (Lipinski definition) is 1. The second-order valence-corrected chi connectivity index (χ2v) is 15.0. The van der Waals surface area contributed by atoms with Crippen LogP contribution in [0.2, 0.25) is 0 Å². The summed E-state index contributed by atoms with van der Waals surface area (Å²) in [4.78, 5) is 26.8. The van der Waals surface area contributed by atoms with Crippen molar-refractivity contribution in [3.05, 3.63) is 70.0 Å². The van der Waals surface area contributed by atoms with Crippen molar-refractivity contribution in [2.75, 3.05) is 13.7 Å². The fourth-order valence-electron chi connectivity index (χ4n) is 7.56. The fraction of sp³-hybridized carbons (Fsp3) is 0.432. The smallest absolute Gasteiger partial charge is 0.342 e. The number of sulfonamides is 1. The molecule has 0 spiro atoms. The molecule has 252 valence electrons. The number of fused-ring (bicyclic) bond motifs is 5. The van der Waals surface area contributed by atoms with Crippen LogP contribution in [-0.4, -0.2) is 53.6 Å². The van der Waals surface area contributed by atoms with Crippen LogP contribution >= 0.6 is 0 Å². The van der Waals surface area contributed by atoms with Gasteiger partial charge in [-0.05, 0) is 105 Å². The number of aromatic nitrogens is 3. The molecule has 4 aromatic rings. The van der Waals surface area contributed by atoms with E-state index in [1.807, 2.05) is 42.8 Å². The molecule has 48 heavy (non-hydrogen) atoms. The van der Waals surface area contributed by atoms with E-state index in [1.165, 1.54) is 12.0 Å². The molecule has 0 saturated heterocycles.